The molecule has 2 aliphatic rings. The van der Waals surface area contributed by atoms with Crippen LogP contribution in [0.1, 0.15) is 27.0 Å². The normalized spacial score (nSPS) is 13.6. The number of amides is 1. The zero-order valence-electron chi connectivity index (χ0n) is 12.8. The molecule has 1 amide bonds. The van der Waals surface area contributed by atoms with Gasteiger partial charge in [-0.1, -0.05) is 41.0 Å². The van der Waals surface area contributed by atoms with E-state index in [-0.39, 0.29) is 27.0 Å². The Balaban J connectivity index is 0.00000146. The van der Waals surface area contributed by atoms with Gasteiger partial charge in [0.05, 0.1) is 0 Å². The molecule has 0 saturated carbocycles. The Morgan fingerprint density at radius 1 is 1.00 bits per heavy atom. The molecule has 3 aromatic carbocycles. The molecule has 1 N–H and O–H groups in total. The summed E-state index contributed by atoms with van der Waals surface area (Å²) >= 11 is 0. The molecule has 3 heteroatoms. The Morgan fingerprint density at radius 2 is 1.83 bits per heavy atom. The van der Waals surface area contributed by atoms with E-state index in [0.717, 1.165) is 28.7 Å². The van der Waals surface area contributed by atoms with Gasteiger partial charge in [0.25, 0.3) is 0 Å². The summed E-state index contributed by atoms with van der Waals surface area (Å²) < 4.78 is 0. The second-order valence-electron chi connectivity index (χ2n) is 6.00. The molecule has 1 heterocycles. The summed E-state index contributed by atoms with van der Waals surface area (Å²) in [6.45, 7) is 0.597. The van der Waals surface area contributed by atoms with E-state index in [2.05, 4.69) is 41.7 Å². The fraction of sp³-hybridized carbons (Fsp3) is 0.0952. The molecule has 0 bridgehead atoms. The Labute approximate surface area is 155 Å². The van der Waals surface area contributed by atoms with Crippen molar-refractivity contribution in [1.29, 1.82) is 0 Å². The molecule has 1 aliphatic heterocycles. The summed E-state index contributed by atoms with van der Waals surface area (Å²) in [6.07, 6.45) is 0.882. The zero-order valence-corrected chi connectivity index (χ0v) is 15.8. The number of hydrogen-bond donors (Lipinski definition) is 1. The molecule has 0 fully saturated rings. The maximum absolute atomic E-state index is 12.4. The molecule has 3 aromatic rings. The van der Waals surface area contributed by atoms with Gasteiger partial charge in [0.2, 0.25) is 5.91 Å². The van der Waals surface area contributed by atoms with Crippen LogP contribution in [0.4, 0.5) is 0 Å². The standard InChI is InChI=1S/C21H13NO.W/c23-21-20-17(13-6-2-1-3-7-13)11-15-10-14-8-4-5-9-16(14)19(15)18(20)12-22-21;/h1-6,8-9H,10,12H2,(H,22,23);/q-2;+2. The van der Waals surface area contributed by atoms with Crippen LogP contribution < -0.4 is 5.32 Å². The van der Waals surface area contributed by atoms with Crippen molar-refractivity contribution in [2.75, 3.05) is 0 Å². The van der Waals surface area contributed by atoms with Crippen LogP contribution in [0, 0.1) is 12.1 Å². The van der Waals surface area contributed by atoms with Gasteiger partial charge < -0.3 is 5.32 Å². The van der Waals surface area contributed by atoms with Crippen molar-refractivity contribution >= 4 is 5.91 Å². The molecule has 0 spiro atoms. The number of fused-ring (bicyclic) bond motifs is 5. The van der Waals surface area contributed by atoms with E-state index in [4.69, 9.17) is 0 Å². The fourth-order valence-corrected chi connectivity index (χ4v) is 3.74. The second-order valence-corrected chi connectivity index (χ2v) is 6.00. The van der Waals surface area contributed by atoms with E-state index in [1.54, 1.807) is 0 Å². The summed E-state index contributed by atoms with van der Waals surface area (Å²) in [7, 11) is 0. The molecule has 0 atom stereocenters. The topological polar surface area (TPSA) is 29.1 Å². The summed E-state index contributed by atoms with van der Waals surface area (Å²) in [4.78, 5) is 12.4. The summed E-state index contributed by atoms with van der Waals surface area (Å²) in [5.41, 5.74) is 8.64. The number of benzene rings is 3. The van der Waals surface area contributed by atoms with Crippen LogP contribution in [0.2, 0.25) is 0 Å². The third kappa shape index (κ3) is 2.10. The third-order valence-electron chi connectivity index (χ3n) is 4.72. The van der Waals surface area contributed by atoms with Gasteiger partial charge in [0.15, 0.2) is 0 Å². The number of carbonyl (C=O) groups is 1. The van der Waals surface area contributed by atoms with Gasteiger partial charge in [-0.25, -0.2) is 11.1 Å². The van der Waals surface area contributed by atoms with Gasteiger partial charge in [0, 0.05) is 6.54 Å². The summed E-state index contributed by atoms with van der Waals surface area (Å²) in [5.74, 6) is -0.00400. The number of nitrogens with one attached hydrogen (secondary N) is 1. The van der Waals surface area contributed by atoms with E-state index in [1.807, 2.05) is 24.3 Å². The third-order valence-corrected chi connectivity index (χ3v) is 4.72. The maximum Gasteiger partial charge on any atom is 2.00 e. The molecule has 5 rings (SSSR count). The Bertz CT molecular complexity index is 963. The smallest absolute Gasteiger partial charge is 0.358 e. The van der Waals surface area contributed by atoms with Crippen molar-refractivity contribution in [3.05, 3.63) is 82.9 Å². The van der Waals surface area contributed by atoms with Crippen molar-refractivity contribution in [3.8, 4) is 22.3 Å². The number of rotatable bonds is 1. The minimum absolute atomic E-state index is 0. The Kier molecular flexibility index (Phi) is 3.66. The first-order valence-corrected chi connectivity index (χ1v) is 7.77. The molecule has 0 radical (unpaired) electrons. The molecular formula is C21H13NOW. The van der Waals surface area contributed by atoms with Gasteiger partial charge in [0.1, 0.15) is 0 Å². The summed E-state index contributed by atoms with van der Waals surface area (Å²) in [5, 5.41) is 2.98. The van der Waals surface area contributed by atoms with Gasteiger partial charge in [-0.3, -0.25) is 4.79 Å². The zero-order chi connectivity index (χ0) is 15.4. The van der Waals surface area contributed by atoms with Crippen LogP contribution in [0.3, 0.4) is 0 Å². The largest absolute Gasteiger partial charge is 2.00 e. The molecule has 0 saturated heterocycles. The van der Waals surface area contributed by atoms with Crippen LogP contribution in [0.15, 0.2) is 48.5 Å². The van der Waals surface area contributed by atoms with Gasteiger partial charge in [-0.15, -0.1) is 17.2 Å². The first kappa shape index (κ1) is 15.4. The quantitative estimate of drug-likeness (QED) is 0.414. The van der Waals surface area contributed by atoms with Crippen LogP contribution in [0.25, 0.3) is 22.3 Å². The van der Waals surface area contributed by atoms with E-state index >= 15 is 0 Å². The minimum Gasteiger partial charge on any atom is -0.358 e. The van der Waals surface area contributed by atoms with E-state index in [9.17, 15) is 4.79 Å². The maximum atomic E-state index is 12.4. The van der Waals surface area contributed by atoms with Crippen molar-refractivity contribution in [3.63, 3.8) is 0 Å². The van der Waals surface area contributed by atoms with Crippen molar-refractivity contribution in [1.82, 2.24) is 5.32 Å². The van der Waals surface area contributed by atoms with Gasteiger partial charge in [-0.05, 0) is 12.0 Å². The average molecular weight is 479 g/mol. The molecule has 2 nitrogen and oxygen atoms in total. The molecule has 114 valence electrons. The Hall–Kier alpha value is -2.18. The number of hydrogen-bond acceptors (Lipinski definition) is 1. The van der Waals surface area contributed by atoms with Crippen molar-refractivity contribution in [2.24, 2.45) is 0 Å². The minimum atomic E-state index is -0.00400. The average Bonchev–Trinajstić information content (AvgIpc) is 3.15. The first-order valence-electron chi connectivity index (χ1n) is 7.77. The molecule has 0 aromatic heterocycles. The van der Waals surface area contributed by atoms with Crippen LogP contribution >= 0.6 is 0 Å². The van der Waals surface area contributed by atoms with E-state index in [0.29, 0.717) is 6.54 Å². The molecule has 1 aliphatic carbocycles. The molecule has 0 unspecified atom stereocenters. The first-order chi connectivity index (χ1) is 11.3. The second kappa shape index (κ2) is 5.72. The van der Waals surface area contributed by atoms with Gasteiger partial charge in [-0.2, -0.15) is 30.3 Å². The molecule has 24 heavy (non-hydrogen) atoms. The van der Waals surface area contributed by atoms with E-state index < -0.39 is 0 Å². The fourth-order valence-electron chi connectivity index (χ4n) is 3.74. The number of carbonyl (C=O) groups excluding carboxylic acids is 1. The van der Waals surface area contributed by atoms with Crippen molar-refractivity contribution < 1.29 is 25.9 Å². The van der Waals surface area contributed by atoms with Crippen LogP contribution in [-0.2, 0) is 34.0 Å². The van der Waals surface area contributed by atoms with Crippen LogP contribution in [-0.4, -0.2) is 5.91 Å². The van der Waals surface area contributed by atoms with Gasteiger partial charge >= 0.3 is 21.1 Å². The van der Waals surface area contributed by atoms with E-state index in [1.165, 1.54) is 22.3 Å². The predicted octanol–water partition coefficient (Wildman–Crippen LogP) is 3.77. The molecular weight excluding hydrogens is 466 g/mol. The predicted molar refractivity (Wildman–Crippen MR) is 89.0 cm³/mol. The Morgan fingerprint density at radius 3 is 2.67 bits per heavy atom. The SMILES string of the molecule is O=C1NCc2c1c(-c1[c-]cccc1)[c-]c1c2-c2ccccc2C1.[W+2]. The van der Waals surface area contributed by atoms with Crippen molar-refractivity contribution in [2.45, 2.75) is 13.0 Å². The summed E-state index contributed by atoms with van der Waals surface area (Å²) in [6, 6.07) is 23.0. The monoisotopic (exact) mass is 479 g/mol. The van der Waals surface area contributed by atoms with Crippen LogP contribution in [0.5, 0.6) is 0 Å².